The van der Waals surface area contributed by atoms with Gasteiger partial charge in [0.2, 0.25) is 6.33 Å². The summed E-state index contributed by atoms with van der Waals surface area (Å²) in [5, 5.41) is 24.1. The number of nitrogens with zero attached hydrogens (tertiary/aromatic N) is 5. The first-order valence-corrected chi connectivity index (χ1v) is 8.17. The van der Waals surface area contributed by atoms with E-state index < -0.39 is 42.1 Å². The highest BCUT2D eigenvalue weighted by Crippen LogP contribution is 2.38. The second-order valence-electron chi connectivity index (χ2n) is 6.19. The van der Waals surface area contributed by atoms with Crippen LogP contribution in [-0.4, -0.2) is 35.9 Å². The Labute approximate surface area is 162 Å². The number of carboxylic acids is 1. The summed E-state index contributed by atoms with van der Waals surface area (Å²) in [5.74, 6) is -3.98. The molecule has 29 heavy (non-hydrogen) atoms. The first-order chi connectivity index (χ1) is 13.7. The van der Waals surface area contributed by atoms with Crippen LogP contribution in [0.4, 0.5) is 13.2 Å². The number of carboxylic acid groups (broad SMARTS) is 1. The van der Waals surface area contributed by atoms with Crippen LogP contribution < -0.4 is 4.57 Å². The maximum absolute atomic E-state index is 14.5. The van der Waals surface area contributed by atoms with Gasteiger partial charge < -0.3 is 10.2 Å². The van der Waals surface area contributed by atoms with Gasteiger partial charge >= 0.3 is 5.97 Å². The number of aliphatic hydroxyl groups is 1. The minimum absolute atomic E-state index is 0.316. The van der Waals surface area contributed by atoms with Crippen LogP contribution in [-0.2, 0) is 23.5 Å². The van der Waals surface area contributed by atoms with Crippen LogP contribution >= 0.6 is 0 Å². The highest BCUT2D eigenvalue weighted by atomic mass is 19.1. The number of aliphatic carboxylic acids is 1. The first kappa shape index (κ1) is 20.1. The number of benzene rings is 1. The fourth-order valence-corrected chi connectivity index (χ4v) is 2.82. The van der Waals surface area contributed by atoms with Gasteiger partial charge in [0.05, 0.1) is 6.20 Å². The van der Waals surface area contributed by atoms with E-state index in [4.69, 9.17) is 5.11 Å². The van der Waals surface area contributed by atoms with Gasteiger partial charge in [0.1, 0.15) is 30.2 Å². The predicted molar refractivity (Wildman–Crippen MR) is 91.3 cm³/mol. The largest absolute Gasteiger partial charge is 0.479 e. The van der Waals surface area contributed by atoms with Crippen molar-refractivity contribution < 1.29 is 32.7 Å². The van der Waals surface area contributed by atoms with Crippen LogP contribution in [0.25, 0.3) is 5.57 Å². The molecule has 2 heterocycles. The zero-order valence-electron chi connectivity index (χ0n) is 14.8. The molecular weight excluding hydrogens is 391 g/mol. The number of hydrogen-bond acceptors (Lipinski definition) is 5. The van der Waals surface area contributed by atoms with Crippen LogP contribution in [0.15, 0.2) is 50.0 Å². The molecule has 0 fully saturated rings. The summed E-state index contributed by atoms with van der Waals surface area (Å²) < 4.78 is 44.4. The lowest BCUT2D eigenvalue weighted by Crippen LogP contribution is -2.37. The van der Waals surface area contributed by atoms with E-state index in [9.17, 15) is 23.1 Å². The van der Waals surface area contributed by atoms with Crippen molar-refractivity contribution in [2.45, 2.75) is 18.7 Å². The normalized spacial score (nSPS) is 13.1. The highest BCUT2D eigenvalue weighted by Gasteiger charge is 2.41. The van der Waals surface area contributed by atoms with Crippen LogP contribution in [0.1, 0.15) is 11.3 Å². The molecule has 0 aliphatic heterocycles. The molecule has 2 aromatic heterocycles. The summed E-state index contributed by atoms with van der Waals surface area (Å²) in [6.07, 6.45) is 4.32. The van der Waals surface area contributed by atoms with Crippen LogP contribution in [0.2, 0.25) is 0 Å². The van der Waals surface area contributed by atoms with Crippen molar-refractivity contribution in [3.05, 3.63) is 78.7 Å². The zero-order chi connectivity index (χ0) is 21.2. The Hall–Kier alpha value is -3.60. The number of hydrogen-bond donors (Lipinski definition) is 2. The van der Waals surface area contributed by atoms with E-state index in [2.05, 4.69) is 21.6 Å². The minimum atomic E-state index is -2.29. The van der Waals surface area contributed by atoms with Gasteiger partial charge in [-0.1, -0.05) is 6.58 Å². The lowest BCUT2D eigenvalue weighted by molar-refractivity contribution is -0.686. The third-order valence-corrected chi connectivity index (χ3v) is 4.17. The monoisotopic (exact) mass is 406 g/mol. The Morgan fingerprint density at radius 1 is 1.28 bits per heavy atom. The molecule has 0 saturated carbocycles. The topological polar surface area (TPSA) is 105 Å². The van der Waals surface area contributed by atoms with E-state index >= 15 is 0 Å². The van der Waals surface area contributed by atoms with Crippen LogP contribution in [0.3, 0.4) is 0 Å². The summed E-state index contributed by atoms with van der Waals surface area (Å²) in [5.41, 5.74) is -3.36. The summed E-state index contributed by atoms with van der Waals surface area (Å²) in [6, 6.07) is 2.50. The van der Waals surface area contributed by atoms with Gasteiger partial charge in [-0.05, 0) is 12.1 Å². The van der Waals surface area contributed by atoms with Crippen molar-refractivity contribution in [1.29, 1.82) is 0 Å². The molecule has 0 saturated heterocycles. The fraction of sp³-hybridized carbons (Fsp3) is 0.167. The number of rotatable bonds is 7. The van der Waals surface area contributed by atoms with Crippen molar-refractivity contribution in [2.75, 3.05) is 0 Å². The molecule has 2 N–H and O–H groups in total. The molecular formula is C18H15F3N5O3+. The van der Waals surface area contributed by atoms with Crippen molar-refractivity contribution in [2.24, 2.45) is 0 Å². The van der Waals surface area contributed by atoms with Crippen molar-refractivity contribution in [3.63, 3.8) is 0 Å². The molecule has 1 atom stereocenters. The van der Waals surface area contributed by atoms with Gasteiger partial charge in [-0.2, -0.15) is 0 Å². The molecule has 0 unspecified atom stereocenters. The maximum atomic E-state index is 14.5. The Bertz CT molecular complexity index is 1090. The van der Waals surface area contributed by atoms with Crippen molar-refractivity contribution in [1.82, 2.24) is 19.7 Å². The molecule has 0 aliphatic rings. The molecule has 0 aliphatic carbocycles. The average Bonchev–Trinajstić information content (AvgIpc) is 3.07. The molecule has 0 spiro atoms. The number of carbonyl (C=O) groups is 1. The average molecular weight is 406 g/mol. The fourth-order valence-electron chi connectivity index (χ4n) is 2.82. The quantitative estimate of drug-likeness (QED) is 0.569. The van der Waals surface area contributed by atoms with Crippen molar-refractivity contribution in [3.8, 4) is 0 Å². The van der Waals surface area contributed by atoms with Gasteiger partial charge in [0.25, 0.3) is 6.33 Å². The Kier molecular flexibility index (Phi) is 5.41. The van der Waals surface area contributed by atoms with Crippen LogP contribution in [0.5, 0.6) is 0 Å². The second-order valence-corrected chi connectivity index (χ2v) is 6.19. The van der Waals surface area contributed by atoms with E-state index in [1.165, 1.54) is 17.2 Å². The molecule has 11 heteroatoms. The Balaban J connectivity index is 2.08. The van der Waals surface area contributed by atoms with Gasteiger partial charge in [-0.25, -0.2) is 32.5 Å². The third kappa shape index (κ3) is 4.14. The van der Waals surface area contributed by atoms with E-state index in [-0.39, 0.29) is 16.8 Å². The minimum Gasteiger partial charge on any atom is -0.479 e. The Morgan fingerprint density at radius 2 is 2.03 bits per heavy atom. The maximum Gasteiger partial charge on any atom is 0.338 e. The summed E-state index contributed by atoms with van der Waals surface area (Å²) in [6.45, 7) is 2.79. The van der Waals surface area contributed by atoms with Crippen molar-refractivity contribution >= 4 is 11.5 Å². The Morgan fingerprint density at radius 3 is 2.69 bits per heavy atom. The molecule has 1 aromatic carbocycles. The van der Waals surface area contributed by atoms with E-state index in [1.807, 2.05) is 0 Å². The smallest absolute Gasteiger partial charge is 0.338 e. The lowest BCUT2D eigenvalue weighted by atomic mass is 9.84. The molecule has 3 aromatic rings. The highest BCUT2D eigenvalue weighted by molar-refractivity contribution is 5.70. The SMILES string of the molecule is C=C(c1ncncc1F)[C@](O)(Cn1c[n+](CC(=O)O)cn1)c1ccc(F)cc1F. The first-order valence-electron chi connectivity index (χ1n) is 8.17. The summed E-state index contributed by atoms with van der Waals surface area (Å²) >= 11 is 0. The predicted octanol–water partition coefficient (Wildman–Crippen LogP) is 1.06. The number of halogens is 3. The van der Waals surface area contributed by atoms with E-state index in [0.29, 0.717) is 6.07 Å². The van der Waals surface area contributed by atoms with E-state index in [1.54, 1.807) is 0 Å². The third-order valence-electron chi connectivity index (χ3n) is 4.17. The molecule has 0 amide bonds. The van der Waals surface area contributed by atoms with Gasteiger partial charge in [0, 0.05) is 22.3 Å². The van der Waals surface area contributed by atoms with Gasteiger partial charge in [-0.15, -0.1) is 4.68 Å². The molecule has 8 nitrogen and oxygen atoms in total. The molecule has 150 valence electrons. The second kappa shape index (κ2) is 7.80. The number of aromatic nitrogens is 5. The standard InChI is InChI=1S/C18H14F3N5O3/c1-11(17-15(21)5-22-8-23-17)18(29,13-3-2-12(19)4-14(13)20)7-26-10-25(9-24-26)6-16(27)28/h2-5,8-10,29H,1,6-7H2/p+1/t18-/m1/s1. The zero-order valence-corrected chi connectivity index (χ0v) is 14.8. The summed E-state index contributed by atoms with van der Waals surface area (Å²) in [7, 11) is 0. The lowest BCUT2D eigenvalue weighted by Gasteiger charge is -2.29. The summed E-state index contributed by atoms with van der Waals surface area (Å²) in [4.78, 5) is 18.1. The molecule has 0 bridgehead atoms. The van der Waals surface area contributed by atoms with Gasteiger partial charge in [-0.3, -0.25) is 0 Å². The van der Waals surface area contributed by atoms with E-state index in [0.717, 1.165) is 29.3 Å². The van der Waals surface area contributed by atoms with Crippen LogP contribution in [0, 0.1) is 17.5 Å². The molecule has 0 radical (unpaired) electrons. The molecule has 3 rings (SSSR count). The van der Waals surface area contributed by atoms with Gasteiger partial charge in [0.15, 0.2) is 18.0 Å².